The Morgan fingerprint density at radius 3 is 0.862 bits per heavy atom. The van der Waals surface area contributed by atoms with E-state index in [9.17, 15) is 43.2 Å². The molecule has 0 radical (unpaired) electrons. The van der Waals surface area contributed by atoms with Gasteiger partial charge in [0, 0.05) is 25.7 Å². The molecule has 0 aromatic carbocycles. The topological polar surface area (TPSA) is 237 Å². The minimum absolute atomic E-state index is 0.0838. The summed E-state index contributed by atoms with van der Waals surface area (Å²) in [6, 6.07) is 0. The molecule has 0 aliphatic rings. The van der Waals surface area contributed by atoms with Crippen LogP contribution in [0.2, 0.25) is 0 Å². The van der Waals surface area contributed by atoms with Gasteiger partial charge in [-0.05, 0) is 69.1 Å². The molecule has 3 N–H and O–H groups in total. The van der Waals surface area contributed by atoms with Crippen LogP contribution in [0, 0.1) is 17.8 Å². The first-order valence-corrected chi connectivity index (χ1v) is 41.2. The lowest BCUT2D eigenvalue weighted by Crippen LogP contribution is -2.30. The van der Waals surface area contributed by atoms with E-state index in [0.29, 0.717) is 37.5 Å². The molecule has 5 atom stereocenters. The number of hydrogen-bond donors (Lipinski definition) is 3. The van der Waals surface area contributed by atoms with Gasteiger partial charge in [-0.15, -0.1) is 0 Å². The zero-order valence-corrected chi connectivity index (χ0v) is 62.7. The van der Waals surface area contributed by atoms with E-state index in [1.165, 1.54) is 148 Å². The van der Waals surface area contributed by atoms with Crippen molar-refractivity contribution in [1.82, 2.24) is 0 Å². The van der Waals surface area contributed by atoms with E-state index in [-0.39, 0.29) is 25.7 Å². The second-order valence-electron chi connectivity index (χ2n) is 27.8. The van der Waals surface area contributed by atoms with Crippen LogP contribution in [-0.4, -0.2) is 96.7 Å². The van der Waals surface area contributed by atoms with Crippen molar-refractivity contribution >= 4 is 39.5 Å². The second kappa shape index (κ2) is 65.2. The van der Waals surface area contributed by atoms with Crippen molar-refractivity contribution in [2.45, 2.75) is 375 Å². The Labute approximate surface area is 573 Å². The molecule has 0 saturated carbocycles. The fraction of sp³-hybridized carbons (Fsp3) is 0.893. The molecule has 0 fully saturated rings. The molecular weight excluding hydrogens is 1230 g/mol. The molecule has 0 heterocycles. The SMILES string of the molecule is CCCCCC/C=C\C=C/CCCCCCCC(=O)O[C@H](COC(=O)CCCCCCCCCC(C)C)COP(=O)(O)OCC(O)COP(=O)(O)OC[C@@H](COC(=O)CCCCCCCCCCCCCCCCCCC(C)C)OC(=O)CCCCCCCCCC(C)C. The molecule has 0 bridgehead atoms. The monoisotopic (exact) mass is 1380 g/mol. The lowest BCUT2D eigenvalue weighted by molar-refractivity contribution is -0.161. The van der Waals surface area contributed by atoms with Crippen molar-refractivity contribution in [2.75, 3.05) is 39.6 Å². The predicted octanol–water partition coefficient (Wildman–Crippen LogP) is 21.3. The van der Waals surface area contributed by atoms with Crippen LogP contribution in [0.25, 0.3) is 0 Å². The molecule has 19 heteroatoms. The fourth-order valence-corrected chi connectivity index (χ4v) is 12.5. The van der Waals surface area contributed by atoms with Crippen LogP contribution in [-0.2, 0) is 65.4 Å². The highest BCUT2D eigenvalue weighted by atomic mass is 31.2. The zero-order chi connectivity index (χ0) is 69.4. The van der Waals surface area contributed by atoms with Gasteiger partial charge in [0.25, 0.3) is 0 Å². The summed E-state index contributed by atoms with van der Waals surface area (Å²) in [6.45, 7) is 11.7. The van der Waals surface area contributed by atoms with E-state index >= 15 is 0 Å². The van der Waals surface area contributed by atoms with Gasteiger partial charge in [0.15, 0.2) is 12.2 Å². The number of ether oxygens (including phenoxy) is 4. The number of hydrogen-bond acceptors (Lipinski definition) is 15. The van der Waals surface area contributed by atoms with Crippen molar-refractivity contribution in [1.29, 1.82) is 0 Å². The maximum absolute atomic E-state index is 13.0. The number of esters is 4. The molecule has 17 nitrogen and oxygen atoms in total. The number of carbonyl (C=O) groups excluding carboxylic acids is 4. The Morgan fingerprint density at radius 1 is 0.330 bits per heavy atom. The van der Waals surface area contributed by atoms with Crippen molar-refractivity contribution < 1.29 is 80.2 Å². The summed E-state index contributed by atoms with van der Waals surface area (Å²) in [5.41, 5.74) is 0. The molecule has 3 unspecified atom stereocenters. The first-order chi connectivity index (χ1) is 45.2. The molecule has 0 aromatic rings. The Morgan fingerprint density at radius 2 is 0.574 bits per heavy atom. The molecule has 94 heavy (non-hydrogen) atoms. The van der Waals surface area contributed by atoms with E-state index < -0.39 is 97.5 Å². The largest absolute Gasteiger partial charge is 0.472 e. The van der Waals surface area contributed by atoms with Crippen LogP contribution >= 0.6 is 15.6 Å². The highest BCUT2D eigenvalue weighted by Crippen LogP contribution is 2.45. The lowest BCUT2D eigenvalue weighted by atomic mass is 10.0. The minimum Gasteiger partial charge on any atom is -0.462 e. The number of aliphatic hydroxyl groups excluding tert-OH is 1. The zero-order valence-electron chi connectivity index (χ0n) is 60.9. The van der Waals surface area contributed by atoms with Gasteiger partial charge in [-0.3, -0.25) is 37.3 Å². The number of phosphoric acid groups is 2. The standard InChI is InChI=1S/C75H142O17P2/c1-8-9-10-11-12-13-14-15-18-23-26-29-36-44-51-58-74(79)91-70(63-86-73(78)57-50-43-37-30-33-40-47-54-67(4)5)64-89-93(81,82)87-60-69(76)61-88-94(83,84)90-65-71(92-75(80)59-52-45-38-31-34-41-48-55-68(6)7)62-85-72(77)56-49-42-35-28-25-22-20-17-16-19-21-24-27-32-39-46-53-66(2)3/h13-15,18,66-71,76H,8-12,16-17,19-65H2,1-7H3,(H,81,82)(H,83,84)/b14-13-,18-15-/t69?,70-,71-/m1/s1. The van der Waals surface area contributed by atoms with Gasteiger partial charge in [-0.2, -0.15) is 0 Å². The third kappa shape index (κ3) is 68.1. The normalized spacial score (nSPS) is 14.3. The Balaban J connectivity index is 5.21. The maximum Gasteiger partial charge on any atom is 0.472 e. The van der Waals surface area contributed by atoms with E-state index in [0.717, 1.165) is 115 Å². The molecule has 554 valence electrons. The van der Waals surface area contributed by atoms with E-state index in [1.807, 2.05) is 0 Å². The number of rotatable bonds is 71. The van der Waals surface area contributed by atoms with Gasteiger partial charge in [0.05, 0.1) is 26.4 Å². The number of phosphoric ester groups is 2. The lowest BCUT2D eigenvalue weighted by Gasteiger charge is -2.21. The Bertz CT molecular complexity index is 1930. The number of carbonyl (C=O) groups is 4. The van der Waals surface area contributed by atoms with Gasteiger partial charge in [0.1, 0.15) is 19.3 Å². The van der Waals surface area contributed by atoms with Crippen molar-refractivity contribution in [3.05, 3.63) is 24.3 Å². The van der Waals surface area contributed by atoms with Crippen LogP contribution < -0.4 is 0 Å². The smallest absolute Gasteiger partial charge is 0.462 e. The summed E-state index contributed by atoms with van der Waals surface area (Å²) < 4.78 is 68.4. The predicted molar refractivity (Wildman–Crippen MR) is 381 cm³/mol. The van der Waals surface area contributed by atoms with E-state index in [1.54, 1.807) is 0 Å². The fourth-order valence-electron chi connectivity index (χ4n) is 10.9. The maximum atomic E-state index is 13.0. The Hall–Kier alpha value is -2.46. The molecular formula is C75H142O17P2. The first kappa shape index (κ1) is 91.5. The summed E-state index contributed by atoms with van der Waals surface area (Å²) in [5.74, 6) is 0.0530. The number of allylic oxidation sites excluding steroid dienone is 4. The highest BCUT2D eigenvalue weighted by molar-refractivity contribution is 7.47. The van der Waals surface area contributed by atoms with Crippen molar-refractivity contribution in [3.8, 4) is 0 Å². The van der Waals surface area contributed by atoms with Crippen LogP contribution in [0.4, 0.5) is 0 Å². The minimum atomic E-state index is -4.96. The molecule has 0 rings (SSSR count). The summed E-state index contributed by atoms with van der Waals surface area (Å²) in [6.07, 6.45) is 53.8. The molecule has 0 aromatic heterocycles. The van der Waals surface area contributed by atoms with Gasteiger partial charge in [-0.1, -0.05) is 304 Å². The quantitative estimate of drug-likeness (QED) is 0.0169. The molecule has 0 amide bonds. The summed E-state index contributed by atoms with van der Waals surface area (Å²) >= 11 is 0. The Kier molecular flexibility index (Phi) is 63.5. The van der Waals surface area contributed by atoms with Crippen molar-refractivity contribution in [3.63, 3.8) is 0 Å². The van der Waals surface area contributed by atoms with E-state index in [4.69, 9.17) is 37.0 Å². The average Bonchev–Trinajstić information content (AvgIpc) is 1.21. The summed E-state index contributed by atoms with van der Waals surface area (Å²) in [5, 5.41) is 10.6. The number of unbranched alkanes of at least 4 members (excludes halogenated alkanes) is 36. The van der Waals surface area contributed by atoms with Crippen LogP contribution in [0.5, 0.6) is 0 Å². The van der Waals surface area contributed by atoms with Crippen LogP contribution in [0.15, 0.2) is 24.3 Å². The third-order valence-electron chi connectivity index (χ3n) is 16.8. The highest BCUT2D eigenvalue weighted by Gasteiger charge is 2.30. The van der Waals surface area contributed by atoms with Gasteiger partial charge >= 0.3 is 39.5 Å². The second-order valence-corrected chi connectivity index (χ2v) is 30.7. The van der Waals surface area contributed by atoms with E-state index in [2.05, 4.69) is 72.8 Å². The van der Waals surface area contributed by atoms with Gasteiger partial charge < -0.3 is 33.8 Å². The molecule has 0 aliphatic carbocycles. The van der Waals surface area contributed by atoms with Gasteiger partial charge in [-0.25, -0.2) is 9.13 Å². The summed E-state index contributed by atoms with van der Waals surface area (Å²) in [4.78, 5) is 72.7. The molecule has 0 spiro atoms. The van der Waals surface area contributed by atoms with Crippen molar-refractivity contribution in [2.24, 2.45) is 17.8 Å². The average molecular weight is 1380 g/mol. The molecule has 0 saturated heterocycles. The third-order valence-corrected chi connectivity index (χ3v) is 18.7. The van der Waals surface area contributed by atoms with Crippen LogP contribution in [0.1, 0.15) is 357 Å². The number of aliphatic hydroxyl groups is 1. The first-order valence-electron chi connectivity index (χ1n) is 38.2. The molecule has 0 aliphatic heterocycles. The summed E-state index contributed by atoms with van der Waals surface area (Å²) in [7, 11) is -9.92. The van der Waals surface area contributed by atoms with Gasteiger partial charge in [0.2, 0.25) is 0 Å². The van der Waals surface area contributed by atoms with Crippen LogP contribution in [0.3, 0.4) is 0 Å².